The quantitative estimate of drug-likeness (QED) is 0.609. The number of sulfonamides is 1. The van der Waals surface area contributed by atoms with Crippen LogP contribution in [0.3, 0.4) is 0 Å². The summed E-state index contributed by atoms with van der Waals surface area (Å²) in [7, 11) is -2.66. The van der Waals surface area contributed by atoms with Crippen molar-refractivity contribution in [3.63, 3.8) is 0 Å². The molecular formula is C13H16ClN3O6S. The highest BCUT2D eigenvalue weighted by atomic mass is 35.5. The second kappa shape index (κ2) is 8.62. The standard InChI is InChI=1S/C13H16ClN3O6S/c1-3-16-13(20)17-11(18)7-23-12(19)8-4-5-9(14)10(6-8)24(21,22)15-2/h4-6,15H,3,7H2,1-2H3,(H2,16,17,18,20). The summed E-state index contributed by atoms with van der Waals surface area (Å²) < 4.78 is 30.4. The number of benzene rings is 1. The van der Waals surface area contributed by atoms with Gasteiger partial charge < -0.3 is 10.1 Å². The number of rotatable bonds is 6. The van der Waals surface area contributed by atoms with Gasteiger partial charge in [-0.25, -0.2) is 22.7 Å². The van der Waals surface area contributed by atoms with E-state index in [0.29, 0.717) is 6.54 Å². The third-order valence-corrected chi connectivity index (χ3v) is 4.55. The SMILES string of the molecule is CCNC(=O)NC(=O)COC(=O)c1ccc(Cl)c(S(=O)(=O)NC)c1. The van der Waals surface area contributed by atoms with Crippen molar-refractivity contribution in [2.45, 2.75) is 11.8 Å². The van der Waals surface area contributed by atoms with Crippen LogP contribution in [0.5, 0.6) is 0 Å². The largest absolute Gasteiger partial charge is 0.452 e. The van der Waals surface area contributed by atoms with Crippen LogP contribution >= 0.6 is 11.6 Å². The molecule has 0 aromatic heterocycles. The number of imide groups is 1. The normalized spacial score (nSPS) is 10.8. The Hall–Kier alpha value is -2.17. The van der Waals surface area contributed by atoms with Crippen molar-refractivity contribution in [2.24, 2.45) is 0 Å². The van der Waals surface area contributed by atoms with E-state index >= 15 is 0 Å². The zero-order valence-corrected chi connectivity index (χ0v) is 14.5. The third-order valence-electron chi connectivity index (χ3n) is 2.65. The first-order valence-corrected chi connectivity index (χ1v) is 8.55. The summed E-state index contributed by atoms with van der Waals surface area (Å²) in [5.74, 6) is -1.77. The van der Waals surface area contributed by atoms with E-state index in [0.717, 1.165) is 6.07 Å². The molecule has 0 fully saturated rings. The maximum Gasteiger partial charge on any atom is 0.338 e. The Balaban J connectivity index is 2.78. The van der Waals surface area contributed by atoms with Crippen LogP contribution in [0.2, 0.25) is 5.02 Å². The van der Waals surface area contributed by atoms with E-state index in [1.807, 2.05) is 5.32 Å². The van der Waals surface area contributed by atoms with Crippen LogP contribution in [-0.4, -0.2) is 46.5 Å². The first-order valence-electron chi connectivity index (χ1n) is 6.69. The van der Waals surface area contributed by atoms with E-state index in [-0.39, 0.29) is 15.5 Å². The molecule has 9 nitrogen and oxygen atoms in total. The number of halogens is 1. The van der Waals surface area contributed by atoms with Crippen LogP contribution in [-0.2, 0) is 19.6 Å². The molecule has 0 saturated heterocycles. The van der Waals surface area contributed by atoms with Crippen LogP contribution < -0.4 is 15.4 Å². The van der Waals surface area contributed by atoms with Gasteiger partial charge in [0.25, 0.3) is 5.91 Å². The van der Waals surface area contributed by atoms with Crippen LogP contribution in [0.4, 0.5) is 4.79 Å². The monoisotopic (exact) mass is 377 g/mol. The lowest BCUT2D eigenvalue weighted by atomic mass is 10.2. The second-order valence-corrected chi connectivity index (χ2v) is 6.60. The molecule has 0 aliphatic rings. The van der Waals surface area contributed by atoms with Crippen LogP contribution in [0.1, 0.15) is 17.3 Å². The summed E-state index contributed by atoms with van der Waals surface area (Å²) in [6, 6.07) is 2.78. The smallest absolute Gasteiger partial charge is 0.338 e. The van der Waals surface area contributed by atoms with Crippen LogP contribution in [0.15, 0.2) is 23.1 Å². The lowest BCUT2D eigenvalue weighted by molar-refractivity contribution is -0.123. The van der Waals surface area contributed by atoms with E-state index in [2.05, 4.69) is 10.0 Å². The fourth-order valence-corrected chi connectivity index (χ4v) is 2.78. The summed E-state index contributed by atoms with van der Waals surface area (Å²) in [4.78, 5) is 34.1. The van der Waals surface area contributed by atoms with Crippen molar-refractivity contribution < 1.29 is 27.5 Å². The van der Waals surface area contributed by atoms with Crippen molar-refractivity contribution in [1.29, 1.82) is 0 Å². The Labute approximate surface area is 143 Å². The minimum Gasteiger partial charge on any atom is -0.452 e. The predicted molar refractivity (Wildman–Crippen MR) is 85.2 cm³/mol. The van der Waals surface area contributed by atoms with Gasteiger partial charge in [0.2, 0.25) is 10.0 Å². The molecule has 0 unspecified atom stereocenters. The number of ether oxygens (including phenoxy) is 1. The van der Waals surface area contributed by atoms with E-state index in [1.165, 1.54) is 19.2 Å². The van der Waals surface area contributed by atoms with E-state index in [1.54, 1.807) is 6.92 Å². The molecule has 0 aliphatic carbocycles. The molecule has 132 valence electrons. The third kappa shape index (κ3) is 5.48. The van der Waals surface area contributed by atoms with Crippen molar-refractivity contribution in [2.75, 3.05) is 20.2 Å². The molecule has 0 radical (unpaired) electrons. The maximum atomic E-state index is 11.9. The molecule has 24 heavy (non-hydrogen) atoms. The van der Waals surface area contributed by atoms with Gasteiger partial charge in [-0.1, -0.05) is 11.6 Å². The first kappa shape index (κ1) is 19.9. The van der Waals surface area contributed by atoms with Gasteiger partial charge in [0.15, 0.2) is 6.61 Å². The average molecular weight is 378 g/mol. The molecule has 0 spiro atoms. The summed E-state index contributed by atoms with van der Waals surface area (Å²) in [5.41, 5.74) is -0.112. The molecule has 1 rings (SSSR count). The fourth-order valence-electron chi connectivity index (χ4n) is 1.53. The van der Waals surface area contributed by atoms with Gasteiger partial charge in [-0.2, -0.15) is 0 Å². The lowest BCUT2D eigenvalue weighted by Gasteiger charge is -2.09. The minimum atomic E-state index is -3.86. The molecular weight excluding hydrogens is 362 g/mol. The molecule has 0 atom stereocenters. The number of amides is 3. The van der Waals surface area contributed by atoms with Crippen molar-refractivity contribution >= 4 is 39.5 Å². The fraction of sp³-hybridized carbons (Fsp3) is 0.308. The molecule has 0 aliphatic heterocycles. The molecule has 0 heterocycles. The van der Waals surface area contributed by atoms with Gasteiger partial charge in [0, 0.05) is 6.54 Å². The molecule has 11 heteroatoms. The average Bonchev–Trinajstić information content (AvgIpc) is 2.53. The van der Waals surface area contributed by atoms with Crippen LogP contribution in [0, 0.1) is 0 Å². The number of hydrogen-bond donors (Lipinski definition) is 3. The summed E-state index contributed by atoms with van der Waals surface area (Å²) >= 11 is 5.80. The number of hydrogen-bond acceptors (Lipinski definition) is 6. The number of carbonyl (C=O) groups excluding carboxylic acids is 3. The summed E-state index contributed by atoms with van der Waals surface area (Å²) in [6.07, 6.45) is 0. The van der Waals surface area contributed by atoms with Gasteiger partial charge in [-0.05, 0) is 32.2 Å². The molecule has 3 N–H and O–H groups in total. The van der Waals surface area contributed by atoms with Gasteiger partial charge in [-0.15, -0.1) is 0 Å². The number of nitrogens with one attached hydrogen (secondary N) is 3. The Morgan fingerprint density at radius 3 is 2.50 bits per heavy atom. The molecule has 0 bridgehead atoms. The molecule has 1 aromatic carbocycles. The van der Waals surface area contributed by atoms with E-state index < -0.39 is 34.5 Å². The van der Waals surface area contributed by atoms with Crippen molar-refractivity contribution in [3.05, 3.63) is 28.8 Å². The Bertz CT molecular complexity index is 750. The predicted octanol–water partition coefficient (Wildman–Crippen LogP) is 0.251. The zero-order valence-electron chi connectivity index (χ0n) is 12.9. The Morgan fingerprint density at radius 1 is 1.25 bits per heavy atom. The summed E-state index contributed by atoms with van der Waals surface area (Å²) in [6.45, 7) is 1.29. The van der Waals surface area contributed by atoms with Gasteiger partial charge in [-0.3, -0.25) is 10.1 Å². The molecule has 0 saturated carbocycles. The van der Waals surface area contributed by atoms with E-state index in [9.17, 15) is 22.8 Å². The first-order chi connectivity index (χ1) is 11.2. The van der Waals surface area contributed by atoms with Gasteiger partial charge in [0.1, 0.15) is 4.90 Å². The zero-order chi connectivity index (χ0) is 18.3. The van der Waals surface area contributed by atoms with Crippen molar-refractivity contribution in [3.8, 4) is 0 Å². The number of urea groups is 1. The Morgan fingerprint density at radius 2 is 1.92 bits per heavy atom. The maximum absolute atomic E-state index is 11.9. The van der Waals surface area contributed by atoms with Crippen molar-refractivity contribution in [1.82, 2.24) is 15.4 Å². The highest BCUT2D eigenvalue weighted by molar-refractivity contribution is 7.89. The number of esters is 1. The Kier molecular flexibility index (Phi) is 7.14. The minimum absolute atomic E-state index is 0.0742. The summed E-state index contributed by atoms with van der Waals surface area (Å²) in [5, 5.41) is 4.21. The topological polar surface area (TPSA) is 131 Å². The number of carbonyl (C=O) groups is 3. The lowest BCUT2D eigenvalue weighted by Crippen LogP contribution is -2.41. The second-order valence-electron chi connectivity index (χ2n) is 4.34. The molecule has 3 amide bonds. The van der Waals surface area contributed by atoms with Gasteiger partial charge >= 0.3 is 12.0 Å². The van der Waals surface area contributed by atoms with Gasteiger partial charge in [0.05, 0.1) is 10.6 Å². The highest BCUT2D eigenvalue weighted by Gasteiger charge is 2.19. The van der Waals surface area contributed by atoms with Crippen LogP contribution in [0.25, 0.3) is 0 Å². The highest BCUT2D eigenvalue weighted by Crippen LogP contribution is 2.22. The molecule has 1 aromatic rings. The van der Waals surface area contributed by atoms with E-state index in [4.69, 9.17) is 16.3 Å².